The van der Waals surface area contributed by atoms with Crippen molar-refractivity contribution < 1.29 is 34.1 Å². The van der Waals surface area contributed by atoms with Crippen molar-refractivity contribution in [3.05, 3.63) is 106 Å². The molecule has 8 bridgehead atoms. The quantitative estimate of drug-likeness (QED) is 0.220. The normalized spacial score (nSPS) is 21.5. The van der Waals surface area contributed by atoms with Crippen LogP contribution in [0.2, 0.25) is 0 Å². The second-order valence-corrected chi connectivity index (χ2v) is 12.8. The van der Waals surface area contributed by atoms with Gasteiger partial charge in [0.25, 0.3) is 0 Å². The summed E-state index contributed by atoms with van der Waals surface area (Å²) < 4.78 is 4.94. The van der Waals surface area contributed by atoms with Gasteiger partial charge in [-0.05, 0) is 80.2 Å². The molecule has 0 aromatic rings. The zero-order chi connectivity index (χ0) is 37.1. The first-order valence-electron chi connectivity index (χ1n) is 16.7. The summed E-state index contributed by atoms with van der Waals surface area (Å²) in [5, 5.41) is 20.9. The minimum atomic E-state index is -1.56. The van der Waals surface area contributed by atoms with E-state index in [9.17, 15) is 24.3 Å². The number of hydrogen-bond donors (Lipinski definition) is 3. The number of amides is 1. The van der Waals surface area contributed by atoms with Crippen LogP contribution in [-0.4, -0.2) is 70.0 Å². The van der Waals surface area contributed by atoms with Crippen molar-refractivity contribution in [2.45, 2.75) is 65.8 Å². The molecule has 0 aromatic heterocycles. The van der Waals surface area contributed by atoms with Gasteiger partial charge in [-0.15, -0.1) is 0 Å². The van der Waals surface area contributed by atoms with Crippen LogP contribution in [0.3, 0.4) is 0 Å². The predicted octanol–water partition coefficient (Wildman–Crippen LogP) is 5.71. The Kier molecular flexibility index (Phi) is 10.7. The molecule has 5 aliphatic rings. The Morgan fingerprint density at radius 1 is 0.843 bits per heavy atom. The molecule has 3 N–H and O–H groups in total. The number of nitrogens with zero attached hydrogens (tertiary/aromatic N) is 4. The fourth-order valence-corrected chi connectivity index (χ4v) is 6.72. The average Bonchev–Trinajstić information content (AvgIpc) is 3.74. The highest BCUT2D eigenvalue weighted by molar-refractivity contribution is 6.19. The van der Waals surface area contributed by atoms with Crippen LogP contribution in [0.4, 0.5) is 0 Å². The summed E-state index contributed by atoms with van der Waals surface area (Å²) in [4.78, 5) is 68.0. The van der Waals surface area contributed by atoms with Crippen molar-refractivity contribution in [1.29, 1.82) is 0 Å². The smallest absolute Gasteiger partial charge is 0.326 e. The number of esters is 1. The van der Waals surface area contributed by atoms with E-state index in [1.165, 1.54) is 7.11 Å². The van der Waals surface area contributed by atoms with Crippen molar-refractivity contribution in [2.24, 2.45) is 31.8 Å². The molecular weight excluding hydrogens is 650 g/mol. The van der Waals surface area contributed by atoms with Crippen molar-refractivity contribution in [2.75, 3.05) is 7.11 Å². The summed E-state index contributed by atoms with van der Waals surface area (Å²) >= 11 is 0. The highest BCUT2D eigenvalue weighted by Crippen LogP contribution is 2.39. The van der Waals surface area contributed by atoms with E-state index >= 15 is 0 Å². The molecule has 0 radical (unpaired) electrons. The standard InChI is InChI=1S/C39H41N5O7/c1-8-23-19(3)27-14-28-22(6)26(11-13-38(48)51-7)34(42-28)17-33-25(10-12-36(45)44-35(39(49)50)18-37(46)47)21(5)30(43-33)16-32-24(9-2)20(4)29(41-32)15-31(23)40-27/h8-9,14-17,22,26,35H,1-2,10-13,18H2,3-7H3,(H,44,45)(H,46,47)(H,49,50)/t22?,26?,35-/m0/s1. The monoisotopic (exact) mass is 691 g/mol. The molecule has 3 atom stereocenters. The summed E-state index contributed by atoms with van der Waals surface area (Å²) in [6.45, 7) is 16.0. The number of nitrogens with one attached hydrogen (secondary N) is 1. The number of allylic oxidation sites excluding steroid dienone is 11. The molecule has 0 spiro atoms. The number of hydrogen-bond acceptors (Lipinski definition) is 9. The molecule has 5 rings (SSSR count). The van der Waals surface area contributed by atoms with Crippen molar-refractivity contribution in [3.63, 3.8) is 0 Å². The average molecular weight is 692 g/mol. The number of carboxylic acid groups (broad SMARTS) is 2. The fourth-order valence-electron chi connectivity index (χ4n) is 6.72. The van der Waals surface area contributed by atoms with Crippen LogP contribution in [0.1, 0.15) is 59.8 Å². The Hall–Kier alpha value is -5.78. The molecule has 0 aliphatic carbocycles. The highest BCUT2D eigenvalue weighted by Gasteiger charge is 2.34. The van der Waals surface area contributed by atoms with Crippen molar-refractivity contribution in [1.82, 2.24) is 5.32 Å². The van der Waals surface area contributed by atoms with E-state index in [4.69, 9.17) is 29.8 Å². The number of ether oxygens (including phenoxy) is 1. The highest BCUT2D eigenvalue weighted by atomic mass is 16.5. The van der Waals surface area contributed by atoms with Gasteiger partial charge in [-0.3, -0.25) is 19.4 Å². The maximum absolute atomic E-state index is 12.9. The van der Waals surface area contributed by atoms with Gasteiger partial charge in [0.15, 0.2) is 0 Å². The van der Waals surface area contributed by atoms with E-state index in [2.05, 4.69) is 25.4 Å². The van der Waals surface area contributed by atoms with Gasteiger partial charge in [0.1, 0.15) is 6.04 Å². The number of carboxylic acids is 2. The third kappa shape index (κ3) is 7.54. The molecule has 0 saturated heterocycles. The van der Waals surface area contributed by atoms with Gasteiger partial charge in [0.05, 0.1) is 47.8 Å². The zero-order valence-corrected chi connectivity index (χ0v) is 29.4. The number of carbonyl (C=O) groups excluding carboxylic acids is 2. The zero-order valence-electron chi connectivity index (χ0n) is 29.4. The SMILES string of the molecule is C=CC1=C(C)C2=NC1=CC1=NC(=CC3=NC(=CC4=NC(=C2)C(C=C)=C4C)C(C)C3CCC(=O)OC)C(CCC(=O)N[C@@H](CC(=O)O)C(=O)O)=C1C. The van der Waals surface area contributed by atoms with Crippen LogP contribution >= 0.6 is 0 Å². The summed E-state index contributed by atoms with van der Waals surface area (Å²) in [5.41, 5.74) is 10.7. The van der Waals surface area contributed by atoms with Gasteiger partial charge < -0.3 is 20.3 Å². The summed E-state index contributed by atoms with van der Waals surface area (Å²) in [5.74, 6) is -3.95. The van der Waals surface area contributed by atoms with Crippen LogP contribution in [0, 0.1) is 11.8 Å². The minimum absolute atomic E-state index is 0.0814. The topological polar surface area (TPSA) is 179 Å². The number of fused-ring (bicyclic) bond motifs is 4. The second kappa shape index (κ2) is 15.0. The molecule has 12 nitrogen and oxygen atoms in total. The minimum Gasteiger partial charge on any atom is -0.481 e. The van der Waals surface area contributed by atoms with Crippen LogP contribution in [0.15, 0.2) is 126 Å². The van der Waals surface area contributed by atoms with E-state index in [-0.39, 0.29) is 37.1 Å². The Bertz CT molecular complexity index is 2010. The lowest BCUT2D eigenvalue weighted by Crippen LogP contribution is -2.42. The molecule has 12 heteroatoms. The third-order valence-electron chi connectivity index (χ3n) is 9.73. The number of rotatable bonds is 12. The van der Waals surface area contributed by atoms with Crippen molar-refractivity contribution in [3.8, 4) is 0 Å². The number of aliphatic carboxylic acids is 2. The van der Waals surface area contributed by atoms with Gasteiger partial charge in [0, 0.05) is 47.2 Å². The fraction of sp³-hybridized carbons (Fsp3) is 0.333. The summed E-state index contributed by atoms with van der Waals surface area (Å²) in [6, 6.07) is -1.56. The first kappa shape index (κ1) is 36.5. The first-order chi connectivity index (χ1) is 24.3. The van der Waals surface area contributed by atoms with E-state index in [0.29, 0.717) is 29.2 Å². The Balaban J connectivity index is 1.64. The van der Waals surface area contributed by atoms with E-state index in [1.807, 2.05) is 45.1 Å². The largest absolute Gasteiger partial charge is 0.481 e. The molecular formula is C39H41N5O7. The van der Waals surface area contributed by atoms with Gasteiger partial charge in [-0.1, -0.05) is 32.2 Å². The van der Waals surface area contributed by atoms with Gasteiger partial charge in [0.2, 0.25) is 5.91 Å². The molecule has 0 aromatic carbocycles. The summed E-state index contributed by atoms with van der Waals surface area (Å²) in [6.07, 6.45) is 11.2. The lowest BCUT2D eigenvalue weighted by Gasteiger charge is -2.17. The van der Waals surface area contributed by atoms with E-state index in [1.54, 1.807) is 12.2 Å². The molecule has 51 heavy (non-hydrogen) atoms. The Morgan fingerprint density at radius 3 is 1.96 bits per heavy atom. The number of carbonyl (C=O) groups is 4. The molecule has 0 fully saturated rings. The van der Waals surface area contributed by atoms with E-state index < -0.39 is 30.3 Å². The molecule has 264 valence electrons. The van der Waals surface area contributed by atoms with Crippen LogP contribution in [0.5, 0.6) is 0 Å². The van der Waals surface area contributed by atoms with Crippen LogP contribution in [-0.2, 0) is 23.9 Å². The van der Waals surface area contributed by atoms with E-state index in [0.717, 1.165) is 56.3 Å². The predicted molar refractivity (Wildman–Crippen MR) is 196 cm³/mol. The molecule has 5 heterocycles. The van der Waals surface area contributed by atoms with Crippen LogP contribution in [0.25, 0.3) is 0 Å². The number of methoxy groups -OCH3 is 1. The first-order valence-corrected chi connectivity index (χ1v) is 16.7. The maximum atomic E-state index is 12.9. The van der Waals surface area contributed by atoms with Gasteiger partial charge >= 0.3 is 17.9 Å². The molecule has 5 aliphatic heterocycles. The Labute approximate surface area is 296 Å². The summed E-state index contributed by atoms with van der Waals surface area (Å²) in [7, 11) is 1.36. The van der Waals surface area contributed by atoms with Gasteiger partial charge in [-0.25, -0.2) is 19.8 Å². The third-order valence-corrected chi connectivity index (χ3v) is 9.73. The lowest BCUT2D eigenvalue weighted by molar-refractivity contribution is -0.147. The van der Waals surface area contributed by atoms with Gasteiger partial charge in [-0.2, -0.15) is 0 Å². The second-order valence-electron chi connectivity index (χ2n) is 12.8. The Morgan fingerprint density at radius 2 is 1.41 bits per heavy atom. The molecule has 0 saturated carbocycles. The van der Waals surface area contributed by atoms with Crippen LogP contribution < -0.4 is 5.32 Å². The maximum Gasteiger partial charge on any atom is 0.326 e. The molecule has 1 amide bonds. The number of aliphatic imine (C=N–C) groups is 4. The molecule has 2 unspecified atom stereocenters. The lowest BCUT2D eigenvalue weighted by atomic mass is 9.85. The van der Waals surface area contributed by atoms with Crippen molar-refractivity contribution >= 4 is 46.7 Å².